The maximum absolute atomic E-state index is 4.74. The van der Waals surface area contributed by atoms with Crippen LogP contribution in [0.3, 0.4) is 0 Å². The molecule has 0 fully saturated rings. The molecule has 4 heavy (non-hydrogen) atoms. The molecule has 0 unspecified atom stereocenters. The first kappa shape index (κ1) is 8.82. The van der Waals surface area contributed by atoms with Gasteiger partial charge in [-0.1, -0.05) is 0 Å². The van der Waals surface area contributed by atoms with E-state index in [4.69, 9.17) is 5.73 Å². The molecular weight excluding hydrogens is 103 g/mol. The van der Waals surface area contributed by atoms with Gasteiger partial charge in [-0.05, 0) is 13.5 Å². The Morgan fingerprint density at radius 3 is 1.75 bits per heavy atom. The molecule has 0 aromatic carbocycles. The van der Waals surface area contributed by atoms with Crippen LogP contribution in [-0.4, -0.2) is 6.54 Å². The van der Waals surface area contributed by atoms with Crippen LogP contribution in [0.5, 0.6) is 0 Å². The van der Waals surface area contributed by atoms with Gasteiger partial charge in [-0.25, -0.2) is 0 Å². The number of nitrogens with two attached hydrogens (primary N) is 1. The average molecular weight is 109 g/mol. The first-order valence-corrected chi connectivity index (χ1v) is 0.908. The molecule has 2 N–H and O–H groups in total. The third-order valence-corrected chi connectivity index (χ3v) is 0. The summed E-state index contributed by atoms with van der Waals surface area (Å²) in [6.45, 7) is 3.76. The summed E-state index contributed by atoms with van der Waals surface area (Å²) in [5, 5.41) is 0. The van der Waals surface area contributed by atoms with Crippen molar-refractivity contribution < 1.29 is 19.5 Å². The molecule has 0 aliphatic rings. The van der Waals surface area contributed by atoms with Crippen molar-refractivity contribution in [2.24, 2.45) is 5.73 Å². The van der Waals surface area contributed by atoms with Crippen LogP contribution in [-0.2, 0) is 19.5 Å². The Balaban J connectivity index is 0. The van der Waals surface area contributed by atoms with Gasteiger partial charge in [-0.3, -0.25) is 0 Å². The van der Waals surface area contributed by atoms with Crippen LogP contribution in [0.1, 0.15) is 0 Å². The predicted molar refractivity (Wildman–Crippen MR) is 14.4 cm³/mol. The molecule has 0 aromatic heterocycles. The van der Waals surface area contributed by atoms with Crippen LogP contribution >= 0.6 is 0 Å². The van der Waals surface area contributed by atoms with E-state index in [2.05, 4.69) is 6.92 Å². The Morgan fingerprint density at radius 2 is 1.75 bits per heavy atom. The molecule has 0 amide bonds. The molecule has 0 spiro atoms. The van der Waals surface area contributed by atoms with Gasteiger partial charge < -0.3 is 5.73 Å². The first-order valence-electron chi connectivity index (χ1n) is 0.908. The van der Waals surface area contributed by atoms with Crippen molar-refractivity contribution in [1.29, 1.82) is 0 Å². The van der Waals surface area contributed by atoms with Crippen LogP contribution in [0.25, 0.3) is 0 Å². The molecule has 0 aliphatic heterocycles. The molecule has 2 heteroatoms. The van der Waals surface area contributed by atoms with Gasteiger partial charge in [0, 0.05) is 19.5 Å². The fourth-order valence-corrected chi connectivity index (χ4v) is 0. The molecule has 0 saturated heterocycles. The van der Waals surface area contributed by atoms with Crippen LogP contribution in [0, 0.1) is 6.92 Å². The maximum atomic E-state index is 4.74. The van der Waals surface area contributed by atoms with Gasteiger partial charge in [-0.2, -0.15) is 0 Å². The van der Waals surface area contributed by atoms with Gasteiger partial charge in [-0.15, -0.1) is 0 Å². The SMILES string of the molecule is [CH2]CN.[Zn]. The molecule has 0 heterocycles. The van der Waals surface area contributed by atoms with Crippen LogP contribution in [0.2, 0.25) is 0 Å². The van der Waals surface area contributed by atoms with E-state index in [1.807, 2.05) is 0 Å². The van der Waals surface area contributed by atoms with E-state index in [0.29, 0.717) is 6.54 Å². The van der Waals surface area contributed by atoms with Crippen molar-refractivity contribution in [2.75, 3.05) is 6.54 Å². The summed E-state index contributed by atoms with van der Waals surface area (Å²) < 4.78 is 0. The van der Waals surface area contributed by atoms with E-state index in [1.165, 1.54) is 0 Å². The van der Waals surface area contributed by atoms with Crippen LogP contribution in [0.4, 0.5) is 0 Å². The summed E-state index contributed by atoms with van der Waals surface area (Å²) in [6, 6.07) is 0. The van der Waals surface area contributed by atoms with E-state index in [9.17, 15) is 0 Å². The quantitative estimate of drug-likeness (QED) is 0.428. The monoisotopic (exact) mass is 108 g/mol. The fraction of sp³-hybridized carbons (Fsp3) is 0.500. The molecule has 0 bridgehead atoms. The molecule has 0 saturated carbocycles. The second kappa shape index (κ2) is 9.54. The minimum absolute atomic E-state index is 0. The van der Waals surface area contributed by atoms with Gasteiger partial charge in [0.1, 0.15) is 0 Å². The fourth-order valence-electron chi connectivity index (χ4n) is 0. The minimum Gasteiger partial charge on any atom is -0.330 e. The van der Waals surface area contributed by atoms with Gasteiger partial charge >= 0.3 is 0 Å². The maximum Gasteiger partial charge on any atom is 0 e. The Labute approximate surface area is 39.3 Å². The van der Waals surface area contributed by atoms with Crippen molar-refractivity contribution in [2.45, 2.75) is 0 Å². The van der Waals surface area contributed by atoms with E-state index < -0.39 is 0 Å². The Kier molecular flexibility index (Phi) is 21.0. The molecule has 0 rings (SSSR count). The van der Waals surface area contributed by atoms with Gasteiger partial charge in [0.15, 0.2) is 0 Å². The third-order valence-electron chi connectivity index (χ3n) is 0. The molecule has 0 atom stereocenters. The summed E-state index contributed by atoms with van der Waals surface area (Å²) in [5.74, 6) is 0. The average Bonchev–Trinajstić information content (AvgIpc) is 0.918. The summed E-state index contributed by atoms with van der Waals surface area (Å²) in [7, 11) is 0. The van der Waals surface area contributed by atoms with Crippen molar-refractivity contribution in [1.82, 2.24) is 0 Å². The number of hydrogen-bond acceptors (Lipinski definition) is 1. The van der Waals surface area contributed by atoms with E-state index in [0.717, 1.165) is 0 Å². The molecule has 1 nitrogen and oxygen atoms in total. The molecular formula is C2H6NZn. The van der Waals surface area contributed by atoms with Gasteiger partial charge in [0.2, 0.25) is 0 Å². The smallest absolute Gasteiger partial charge is 0 e. The first-order chi connectivity index (χ1) is 1.41. The normalized spacial score (nSPS) is 4.50. The largest absolute Gasteiger partial charge is 0.330 e. The van der Waals surface area contributed by atoms with Crippen molar-refractivity contribution in [3.8, 4) is 0 Å². The van der Waals surface area contributed by atoms with E-state index in [-0.39, 0.29) is 19.5 Å². The van der Waals surface area contributed by atoms with Crippen LogP contribution < -0.4 is 5.73 Å². The Hall–Kier alpha value is 0.583. The van der Waals surface area contributed by atoms with Crippen LogP contribution in [0.15, 0.2) is 0 Å². The Bertz CT molecular complexity index is 6.00. The second-order valence-corrected chi connectivity index (χ2v) is 0.289. The van der Waals surface area contributed by atoms with E-state index in [1.54, 1.807) is 0 Å². The zero-order chi connectivity index (χ0) is 2.71. The van der Waals surface area contributed by atoms with Crippen molar-refractivity contribution in [3.63, 3.8) is 0 Å². The van der Waals surface area contributed by atoms with Crippen molar-refractivity contribution >= 4 is 0 Å². The van der Waals surface area contributed by atoms with Gasteiger partial charge in [0.05, 0.1) is 0 Å². The van der Waals surface area contributed by atoms with Gasteiger partial charge in [0.25, 0.3) is 0 Å². The molecule has 1 radical (unpaired) electrons. The molecule has 0 aromatic rings. The summed E-state index contributed by atoms with van der Waals surface area (Å²) in [4.78, 5) is 0. The molecule has 0 aliphatic carbocycles. The van der Waals surface area contributed by atoms with Crippen molar-refractivity contribution in [3.05, 3.63) is 6.92 Å². The minimum atomic E-state index is 0. The predicted octanol–water partition coefficient (Wildman–Crippen LogP) is -0.223. The topological polar surface area (TPSA) is 26.0 Å². The Morgan fingerprint density at radius 1 is 1.75 bits per heavy atom. The zero-order valence-electron chi connectivity index (χ0n) is 2.70. The number of hydrogen-bond donors (Lipinski definition) is 1. The summed E-state index contributed by atoms with van der Waals surface area (Å²) in [5.41, 5.74) is 4.74. The summed E-state index contributed by atoms with van der Waals surface area (Å²) in [6.07, 6.45) is 0. The van der Waals surface area contributed by atoms with E-state index >= 15 is 0 Å². The third kappa shape index (κ3) is 19.0. The standard InChI is InChI=1S/C2H6N.Zn/c1-2-3;/h1-3H2;. The zero-order valence-corrected chi connectivity index (χ0v) is 5.67. The second-order valence-electron chi connectivity index (χ2n) is 0.289. The number of rotatable bonds is 0. The summed E-state index contributed by atoms with van der Waals surface area (Å²) >= 11 is 0. The molecule has 21 valence electrons.